The molecule has 2 heterocycles. The Labute approximate surface area is 225 Å². The van der Waals surface area contributed by atoms with Crippen molar-refractivity contribution in [1.82, 2.24) is 9.80 Å². The Bertz CT molecular complexity index is 898. The number of piperidine rings is 2. The molecule has 222 valence electrons. The highest BCUT2D eigenvalue weighted by molar-refractivity contribution is 7.47. The summed E-state index contributed by atoms with van der Waals surface area (Å²) in [7, 11) is -7.87. The number of phosphoric acid groups is 2. The van der Waals surface area contributed by atoms with Crippen molar-refractivity contribution in [3.63, 3.8) is 0 Å². The molecule has 0 aromatic heterocycles. The normalized spacial score (nSPS) is 22.8. The highest BCUT2D eigenvalue weighted by Gasteiger charge is 2.43. The van der Waals surface area contributed by atoms with Gasteiger partial charge >= 0.3 is 15.6 Å². The fraction of sp³-hybridized carbons (Fsp3) is 0.913. The first-order valence-electron chi connectivity index (χ1n) is 12.9. The van der Waals surface area contributed by atoms with Crippen LogP contribution in [-0.4, -0.2) is 96.2 Å². The molecule has 2 aliphatic heterocycles. The van der Waals surface area contributed by atoms with Gasteiger partial charge in [0.25, 0.3) is 0 Å². The summed E-state index contributed by atoms with van der Waals surface area (Å²) in [6, 6.07) is 0. The molecule has 0 bridgehead atoms. The number of aliphatic hydroxyl groups excluding tert-OH is 1. The van der Waals surface area contributed by atoms with Crippen molar-refractivity contribution in [2.24, 2.45) is 22.7 Å². The van der Waals surface area contributed by atoms with Gasteiger partial charge in [0.2, 0.25) is 11.8 Å². The Morgan fingerprint density at radius 3 is 1.42 bits per heavy atom. The summed E-state index contributed by atoms with van der Waals surface area (Å²) in [6.07, 6.45) is 1.41. The maximum absolute atomic E-state index is 12.8. The van der Waals surface area contributed by atoms with Gasteiger partial charge in [0.05, 0.1) is 26.4 Å². The Morgan fingerprint density at radius 1 is 0.737 bits per heavy atom. The smallest absolute Gasteiger partial charge is 0.396 e. The molecule has 2 saturated heterocycles. The van der Waals surface area contributed by atoms with E-state index in [0.29, 0.717) is 51.9 Å². The van der Waals surface area contributed by atoms with E-state index in [9.17, 15) is 33.6 Å². The molecule has 0 aromatic carbocycles. The summed E-state index contributed by atoms with van der Waals surface area (Å²) in [5.41, 5.74) is -1.73. The van der Waals surface area contributed by atoms with Gasteiger partial charge in [-0.1, -0.05) is 27.7 Å². The lowest BCUT2D eigenvalue weighted by atomic mass is 9.80. The van der Waals surface area contributed by atoms with Gasteiger partial charge in [-0.2, -0.15) is 0 Å². The van der Waals surface area contributed by atoms with E-state index in [4.69, 9.17) is 13.6 Å². The van der Waals surface area contributed by atoms with Gasteiger partial charge in [0.1, 0.15) is 0 Å². The second-order valence-electron chi connectivity index (χ2n) is 11.1. The topological polar surface area (TPSA) is 172 Å². The highest BCUT2D eigenvalue weighted by Crippen LogP contribution is 2.50. The minimum Gasteiger partial charge on any atom is -0.396 e. The van der Waals surface area contributed by atoms with E-state index >= 15 is 0 Å². The van der Waals surface area contributed by atoms with E-state index in [0.717, 1.165) is 7.11 Å². The minimum absolute atomic E-state index is 0.0168. The van der Waals surface area contributed by atoms with Crippen LogP contribution in [0.4, 0.5) is 0 Å². The van der Waals surface area contributed by atoms with E-state index in [1.807, 2.05) is 13.8 Å². The third-order valence-corrected chi connectivity index (χ3v) is 9.25. The molecule has 0 radical (unpaired) electrons. The lowest BCUT2D eigenvalue weighted by molar-refractivity contribution is -0.138. The quantitative estimate of drug-likeness (QED) is 0.271. The summed E-state index contributed by atoms with van der Waals surface area (Å²) in [6.45, 7) is 7.54. The molecule has 15 heteroatoms. The maximum Gasteiger partial charge on any atom is 0.472 e. The first kappa shape index (κ1) is 33.3. The monoisotopic (exact) mass is 586 g/mol. The lowest BCUT2D eigenvalue weighted by Gasteiger charge is -2.42. The van der Waals surface area contributed by atoms with Crippen LogP contribution in [0.15, 0.2) is 0 Å². The third kappa shape index (κ3) is 9.35. The van der Waals surface area contributed by atoms with E-state index in [-0.39, 0.29) is 50.1 Å². The number of likely N-dealkylation sites (tertiary alicyclic amines) is 2. The van der Waals surface area contributed by atoms with Crippen LogP contribution in [0.25, 0.3) is 0 Å². The van der Waals surface area contributed by atoms with Gasteiger partial charge in [0, 0.05) is 56.0 Å². The molecule has 38 heavy (non-hydrogen) atoms. The van der Waals surface area contributed by atoms with E-state index in [1.54, 1.807) is 23.6 Å². The van der Waals surface area contributed by atoms with Gasteiger partial charge in [-0.3, -0.25) is 27.7 Å². The molecule has 2 atom stereocenters. The summed E-state index contributed by atoms with van der Waals surface area (Å²) >= 11 is 0. The molecule has 3 N–H and O–H groups in total. The molecule has 2 fully saturated rings. The maximum atomic E-state index is 12.8. The van der Waals surface area contributed by atoms with Crippen LogP contribution in [-0.2, 0) is 36.8 Å². The second-order valence-corrected chi connectivity index (χ2v) is 14.1. The van der Waals surface area contributed by atoms with Crippen LogP contribution in [0.5, 0.6) is 0 Å². The molecule has 2 unspecified atom stereocenters. The number of phosphoric ester groups is 2. The fourth-order valence-corrected chi connectivity index (χ4v) is 6.05. The van der Waals surface area contributed by atoms with E-state index in [2.05, 4.69) is 4.52 Å². The second kappa shape index (κ2) is 13.7. The van der Waals surface area contributed by atoms with Gasteiger partial charge in [-0.15, -0.1) is 0 Å². The van der Waals surface area contributed by atoms with Gasteiger partial charge in [-0.25, -0.2) is 9.13 Å². The highest BCUT2D eigenvalue weighted by atomic mass is 31.2. The van der Waals surface area contributed by atoms with Crippen molar-refractivity contribution in [2.75, 3.05) is 59.7 Å². The molecule has 0 aromatic rings. The summed E-state index contributed by atoms with van der Waals surface area (Å²) in [5, 5.41) is 10.0. The molecule has 13 nitrogen and oxygen atoms in total. The first-order valence-corrected chi connectivity index (χ1v) is 15.9. The van der Waals surface area contributed by atoms with Gasteiger partial charge in [-0.05, 0) is 25.7 Å². The summed E-state index contributed by atoms with van der Waals surface area (Å²) < 4.78 is 44.9. The Hall–Kier alpha value is -0.880. The van der Waals surface area contributed by atoms with Crippen molar-refractivity contribution in [3.8, 4) is 0 Å². The van der Waals surface area contributed by atoms with Crippen molar-refractivity contribution in [2.45, 2.75) is 53.4 Å². The van der Waals surface area contributed by atoms with E-state index < -0.39 is 26.5 Å². The van der Waals surface area contributed by atoms with Crippen molar-refractivity contribution in [1.29, 1.82) is 0 Å². The molecule has 0 aliphatic carbocycles. The molecule has 0 spiro atoms. The minimum atomic E-state index is -4.59. The average molecular weight is 587 g/mol. The van der Waals surface area contributed by atoms with Crippen LogP contribution in [0.1, 0.15) is 53.4 Å². The number of nitrogens with zero attached hydrogens (tertiary/aromatic N) is 2. The van der Waals surface area contributed by atoms with Crippen LogP contribution in [0.3, 0.4) is 0 Å². The standard InChI is InChI=1S/C23H44N2O11P2/c1-18(2)20(27)24-10-6-22(14-26,7-11-24)15-35-38(31,32)36-17-23(16-34-37(29,30)33-5)8-12-25(13-9-23)21(28)19(3)4/h18-19,26H,6-17H2,1-5H3,(H,29,30)(H,31,32). The van der Waals surface area contributed by atoms with Crippen LogP contribution in [0, 0.1) is 22.7 Å². The number of rotatable bonds is 13. The largest absolute Gasteiger partial charge is 0.472 e. The Kier molecular flexibility index (Phi) is 12.0. The number of carbonyl (C=O) groups is 2. The lowest BCUT2D eigenvalue weighted by Crippen LogP contribution is -2.48. The van der Waals surface area contributed by atoms with Crippen LogP contribution in [0.2, 0.25) is 0 Å². The number of amides is 2. The number of hydrogen-bond donors (Lipinski definition) is 3. The zero-order valence-electron chi connectivity index (χ0n) is 23.0. The molecule has 0 saturated carbocycles. The summed E-state index contributed by atoms with van der Waals surface area (Å²) in [5.74, 6) is -0.351. The number of aliphatic hydroxyl groups is 1. The van der Waals surface area contributed by atoms with Crippen molar-refractivity contribution >= 4 is 27.5 Å². The molecule has 2 rings (SSSR count). The van der Waals surface area contributed by atoms with Crippen LogP contribution < -0.4 is 0 Å². The first-order chi connectivity index (χ1) is 17.6. The average Bonchev–Trinajstić information content (AvgIpc) is 2.89. The molecule has 2 amide bonds. The zero-order chi connectivity index (χ0) is 28.8. The molecular weight excluding hydrogens is 542 g/mol. The Morgan fingerprint density at radius 2 is 1.08 bits per heavy atom. The predicted octanol–water partition coefficient (Wildman–Crippen LogP) is 2.41. The van der Waals surface area contributed by atoms with Crippen molar-refractivity contribution in [3.05, 3.63) is 0 Å². The predicted molar refractivity (Wildman–Crippen MR) is 138 cm³/mol. The number of carbonyl (C=O) groups excluding carboxylic acids is 2. The summed E-state index contributed by atoms with van der Waals surface area (Å²) in [4.78, 5) is 48.2. The van der Waals surface area contributed by atoms with Gasteiger partial charge in [0.15, 0.2) is 0 Å². The number of hydrogen-bond acceptors (Lipinski definition) is 9. The Balaban J connectivity index is 2.01. The fourth-order valence-electron chi connectivity index (χ4n) is 4.56. The molecule has 2 aliphatic rings. The zero-order valence-corrected chi connectivity index (χ0v) is 24.8. The third-order valence-electron chi connectivity index (χ3n) is 7.43. The van der Waals surface area contributed by atoms with Gasteiger partial charge < -0.3 is 24.7 Å². The van der Waals surface area contributed by atoms with Crippen molar-refractivity contribution < 1.29 is 51.7 Å². The van der Waals surface area contributed by atoms with Crippen LogP contribution >= 0.6 is 15.6 Å². The molecular formula is C23H44N2O11P2. The SMILES string of the molecule is COP(=O)(O)OCC1(COP(=O)(O)OCC2(CO)CCN(C(=O)C(C)C)CC2)CCN(C(=O)C(C)C)CC1. The van der Waals surface area contributed by atoms with E-state index in [1.165, 1.54) is 0 Å².